The monoisotopic (exact) mass is 381 g/mol. The number of carbonyl (C=O) groups excluding carboxylic acids is 2. The topological polar surface area (TPSA) is 56.3 Å². The number of aromatic nitrogens is 1. The molecule has 3 aromatic rings. The van der Waals surface area contributed by atoms with Gasteiger partial charge in [0.15, 0.2) is 12.3 Å². The molecule has 122 valence electrons. The van der Waals surface area contributed by atoms with Crippen molar-refractivity contribution in [2.75, 3.05) is 6.61 Å². The minimum absolute atomic E-state index is 0.108. The molecule has 3 rings (SSSR count). The van der Waals surface area contributed by atoms with Crippen LogP contribution >= 0.6 is 34.3 Å². The molecule has 0 N–H and O–H groups in total. The third-order valence-electron chi connectivity index (χ3n) is 2.99. The molecular formula is C16H9ClFNO3S2. The van der Waals surface area contributed by atoms with E-state index in [1.54, 1.807) is 24.3 Å². The molecule has 0 aliphatic carbocycles. The number of thiophene rings is 1. The molecule has 0 radical (unpaired) electrons. The molecule has 4 nitrogen and oxygen atoms in total. The van der Waals surface area contributed by atoms with Crippen LogP contribution in [0.15, 0.2) is 41.8 Å². The molecule has 1 aromatic carbocycles. The standard InChI is InChI=1S/C16H9ClFNO3S2/c17-14-6-5-13(24-14)12(20)7-22-16(21)11-8-23-15(19-11)9-1-3-10(18)4-2-9/h1-6,8H,7H2. The van der Waals surface area contributed by atoms with Crippen molar-refractivity contribution in [3.8, 4) is 10.6 Å². The number of benzene rings is 1. The zero-order valence-electron chi connectivity index (χ0n) is 12.0. The summed E-state index contributed by atoms with van der Waals surface area (Å²) in [4.78, 5) is 28.4. The molecule has 0 fully saturated rings. The average molecular weight is 382 g/mol. The van der Waals surface area contributed by atoms with Crippen LogP contribution in [0.1, 0.15) is 20.2 Å². The van der Waals surface area contributed by atoms with Gasteiger partial charge in [-0.25, -0.2) is 14.2 Å². The summed E-state index contributed by atoms with van der Waals surface area (Å²) in [6.45, 7) is -0.376. The number of Topliss-reactive ketones (excluding diaryl/α,β-unsaturated/α-hetero) is 1. The molecule has 0 bridgehead atoms. The molecule has 0 atom stereocenters. The van der Waals surface area contributed by atoms with E-state index in [0.717, 1.165) is 11.3 Å². The lowest BCUT2D eigenvalue weighted by Gasteiger charge is -2.00. The number of thiazole rings is 1. The Kier molecular flexibility index (Phi) is 5.03. The highest BCUT2D eigenvalue weighted by atomic mass is 35.5. The molecule has 8 heteroatoms. The maximum Gasteiger partial charge on any atom is 0.358 e. The fraction of sp³-hybridized carbons (Fsp3) is 0.0625. The van der Waals surface area contributed by atoms with Gasteiger partial charge in [-0.15, -0.1) is 22.7 Å². The van der Waals surface area contributed by atoms with Crippen LogP contribution in [-0.4, -0.2) is 23.3 Å². The van der Waals surface area contributed by atoms with Crippen LogP contribution in [0.2, 0.25) is 4.34 Å². The van der Waals surface area contributed by atoms with Gasteiger partial charge in [-0.05, 0) is 36.4 Å². The van der Waals surface area contributed by atoms with Crippen molar-refractivity contribution >= 4 is 46.0 Å². The van der Waals surface area contributed by atoms with Crippen molar-refractivity contribution in [3.63, 3.8) is 0 Å². The molecule has 0 spiro atoms. The molecule has 0 saturated carbocycles. The number of carbonyl (C=O) groups is 2. The Morgan fingerprint density at radius 3 is 2.58 bits per heavy atom. The number of halogens is 2. The first-order chi connectivity index (χ1) is 11.5. The first-order valence-corrected chi connectivity index (χ1v) is 8.77. The SMILES string of the molecule is O=C(OCC(=O)c1ccc(Cl)s1)c1csc(-c2ccc(F)cc2)n1. The number of ether oxygens (including phenoxy) is 1. The van der Waals surface area contributed by atoms with Gasteiger partial charge in [-0.1, -0.05) is 11.6 Å². The lowest BCUT2D eigenvalue weighted by atomic mass is 10.2. The second kappa shape index (κ2) is 7.21. The fourth-order valence-corrected chi connectivity index (χ4v) is 3.60. The van der Waals surface area contributed by atoms with Gasteiger partial charge in [0.25, 0.3) is 0 Å². The minimum atomic E-state index is -0.685. The number of nitrogens with zero attached hydrogens (tertiary/aromatic N) is 1. The molecular weight excluding hydrogens is 373 g/mol. The molecule has 0 aliphatic rings. The van der Waals surface area contributed by atoms with E-state index in [1.165, 1.54) is 28.8 Å². The van der Waals surface area contributed by atoms with E-state index in [0.29, 0.717) is 19.8 Å². The summed E-state index contributed by atoms with van der Waals surface area (Å²) < 4.78 is 18.4. The van der Waals surface area contributed by atoms with Gasteiger partial charge in [-0.2, -0.15) is 0 Å². The van der Waals surface area contributed by atoms with Gasteiger partial charge in [0, 0.05) is 10.9 Å². The average Bonchev–Trinajstić information content (AvgIpc) is 3.22. The maximum atomic E-state index is 12.9. The first-order valence-electron chi connectivity index (χ1n) is 6.70. The second-order valence-electron chi connectivity index (χ2n) is 4.65. The lowest BCUT2D eigenvalue weighted by Crippen LogP contribution is -2.13. The summed E-state index contributed by atoms with van der Waals surface area (Å²) in [6.07, 6.45) is 0. The van der Waals surface area contributed by atoms with Crippen LogP contribution in [0.4, 0.5) is 4.39 Å². The van der Waals surface area contributed by atoms with Crippen molar-refractivity contribution < 1.29 is 18.7 Å². The van der Waals surface area contributed by atoms with Gasteiger partial charge in [0.05, 0.1) is 9.21 Å². The third-order valence-corrected chi connectivity index (χ3v) is 5.15. The zero-order chi connectivity index (χ0) is 17.1. The number of rotatable bonds is 5. The fourth-order valence-electron chi connectivity index (χ4n) is 1.83. The Labute approximate surface area is 149 Å². The second-order valence-corrected chi connectivity index (χ2v) is 7.22. The van der Waals surface area contributed by atoms with E-state index in [1.807, 2.05) is 0 Å². The minimum Gasteiger partial charge on any atom is -0.453 e. The van der Waals surface area contributed by atoms with Crippen molar-refractivity contribution in [2.45, 2.75) is 0 Å². The largest absolute Gasteiger partial charge is 0.453 e. The van der Waals surface area contributed by atoms with E-state index >= 15 is 0 Å². The highest BCUT2D eigenvalue weighted by molar-refractivity contribution is 7.18. The lowest BCUT2D eigenvalue weighted by molar-refractivity contribution is 0.0471. The molecule has 0 unspecified atom stereocenters. The summed E-state index contributed by atoms with van der Waals surface area (Å²) in [6, 6.07) is 8.98. The summed E-state index contributed by atoms with van der Waals surface area (Å²) in [7, 11) is 0. The normalized spacial score (nSPS) is 10.6. The van der Waals surface area contributed by atoms with Gasteiger partial charge in [0.2, 0.25) is 5.78 Å². The number of hydrogen-bond donors (Lipinski definition) is 0. The summed E-state index contributed by atoms with van der Waals surface area (Å²) >= 11 is 8.12. The predicted octanol–water partition coefficient (Wildman–Crippen LogP) is 4.70. The highest BCUT2D eigenvalue weighted by Crippen LogP contribution is 2.25. The van der Waals surface area contributed by atoms with Gasteiger partial charge in [0.1, 0.15) is 10.8 Å². The van der Waals surface area contributed by atoms with Gasteiger partial charge >= 0.3 is 5.97 Å². The van der Waals surface area contributed by atoms with Crippen molar-refractivity contribution in [1.82, 2.24) is 4.98 Å². The first kappa shape index (κ1) is 16.8. The molecule has 2 aromatic heterocycles. The van der Waals surface area contributed by atoms with E-state index in [9.17, 15) is 14.0 Å². The third kappa shape index (κ3) is 3.87. The molecule has 24 heavy (non-hydrogen) atoms. The van der Waals surface area contributed by atoms with Crippen molar-refractivity contribution in [2.24, 2.45) is 0 Å². The van der Waals surface area contributed by atoms with E-state index in [-0.39, 0.29) is 23.9 Å². The smallest absolute Gasteiger partial charge is 0.358 e. The Balaban J connectivity index is 1.63. The van der Waals surface area contributed by atoms with Crippen LogP contribution in [0, 0.1) is 5.82 Å². The molecule has 2 heterocycles. The summed E-state index contributed by atoms with van der Waals surface area (Å²) in [5.74, 6) is -1.35. The zero-order valence-corrected chi connectivity index (χ0v) is 14.4. The molecule has 0 saturated heterocycles. The van der Waals surface area contributed by atoms with Crippen LogP contribution < -0.4 is 0 Å². The van der Waals surface area contributed by atoms with E-state index in [2.05, 4.69) is 4.98 Å². The quantitative estimate of drug-likeness (QED) is 0.474. The predicted molar refractivity (Wildman–Crippen MR) is 91.5 cm³/mol. The van der Waals surface area contributed by atoms with Crippen LogP contribution in [0.5, 0.6) is 0 Å². The van der Waals surface area contributed by atoms with Crippen LogP contribution in [-0.2, 0) is 4.74 Å². The van der Waals surface area contributed by atoms with E-state index in [4.69, 9.17) is 16.3 Å². The number of hydrogen-bond acceptors (Lipinski definition) is 6. The Bertz CT molecular complexity index is 889. The summed E-state index contributed by atoms with van der Waals surface area (Å²) in [5, 5.41) is 2.10. The van der Waals surface area contributed by atoms with Crippen LogP contribution in [0.3, 0.4) is 0 Å². The molecule has 0 aliphatic heterocycles. The Hall–Kier alpha value is -2.09. The van der Waals surface area contributed by atoms with Gasteiger partial charge in [-0.3, -0.25) is 4.79 Å². The van der Waals surface area contributed by atoms with Crippen LogP contribution in [0.25, 0.3) is 10.6 Å². The Morgan fingerprint density at radius 2 is 1.92 bits per heavy atom. The van der Waals surface area contributed by atoms with Gasteiger partial charge < -0.3 is 4.74 Å². The number of esters is 1. The van der Waals surface area contributed by atoms with Crippen molar-refractivity contribution in [3.05, 3.63) is 62.5 Å². The van der Waals surface area contributed by atoms with Crippen molar-refractivity contribution in [1.29, 1.82) is 0 Å². The maximum absolute atomic E-state index is 12.9. The van der Waals surface area contributed by atoms with E-state index < -0.39 is 5.97 Å². The molecule has 0 amide bonds. The highest BCUT2D eigenvalue weighted by Gasteiger charge is 2.16. The Morgan fingerprint density at radius 1 is 1.17 bits per heavy atom. The number of ketones is 1. The summed E-state index contributed by atoms with van der Waals surface area (Å²) in [5.41, 5.74) is 0.807.